The van der Waals surface area contributed by atoms with Gasteiger partial charge < -0.3 is 14.6 Å². The van der Waals surface area contributed by atoms with Crippen molar-refractivity contribution < 1.29 is 14.1 Å². The molecule has 2 aromatic carbocycles. The van der Waals surface area contributed by atoms with Gasteiger partial charge in [0, 0.05) is 11.4 Å². The predicted molar refractivity (Wildman–Crippen MR) is 111 cm³/mol. The van der Waals surface area contributed by atoms with Crippen LogP contribution in [0.2, 0.25) is 0 Å². The van der Waals surface area contributed by atoms with Gasteiger partial charge in [-0.1, -0.05) is 35.5 Å². The number of nitrogens with one attached hydrogen (secondary N) is 1. The summed E-state index contributed by atoms with van der Waals surface area (Å²) in [5, 5.41) is 6.91. The number of aryl methyl sites for hydroxylation is 2. The molecule has 28 heavy (non-hydrogen) atoms. The van der Waals surface area contributed by atoms with Gasteiger partial charge in [0.25, 0.3) is 5.91 Å². The van der Waals surface area contributed by atoms with Crippen LogP contribution in [0.4, 0.5) is 0 Å². The van der Waals surface area contributed by atoms with E-state index in [1.807, 2.05) is 44.2 Å². The van der Waals surface area contributed by atoms with Crippen LogP contribution in [0, 0.1) is 13.8 Å². The summed E-state index contributed by atoms with van der Waals surface area (Å²) in [7, 11) is 0. The van der Waals surface area contributed by atoms with Gasteiger partial charge in [-0.05, 0) is 50.3 Å². The molecule has 0 aliphatic carbocycles. The van der Waals surface area contributed by atoms with Crippen LogP contribution in [-0.4, -0.2) is 23.4 Å². The third kappa shape index (κ3) is 5.39. The first kappa shape index (κ1) is 20.0. The highest BCUT2D eigenvalue weighted by atomic mass is 32.2. The first-order chi connectivity index (χ1) is 13.6. The number of carbonyl (C=O) groups is 1. The molecule has 0 unspecified atom stereocenters. The van der Waals surface area contributed by atoms with Crippen LogP contribution in [0.15, 0.2) is 64.0 Å². The maximum Gasteiger partial charge on any atom is 0.255 e. The lowest BCUT2D eigenvalue weighted by atomic mass is 10.2. The Morgan fingerprint density at radius 2 is 1.86 bits per heavy atom. The van der Waals surface area contributed by atoms with Gasteiger partial charge in [0.1, 0.15) is 18.1 Å². The Bertz CT molecular complexity index is 890. The van der Waals surface area contributed by atoms with Crippen LogP contribution >= 0.6 is 11.8 Å². The standard InChI is InChI=1S/C22H24N2O3S/c1-16-20(17(2)27-24-16)15-26-21-12-7-6-11-19(21)22(25)23-13-8-14-28-18-9-4-3-5-10-18/h3-7,9-12H,8,13-15H2,1-2H3,(H,23,25). The van der Waals surface area contributed by atoms with Gasteiger partial charge in [-0.25, -0.2) is 0 Å². The van der Waals surface area contributed by atoms with Gasteiger partial charge in [-0.15, -0.1) is 11.8 Å². The molecular weight excluding hydrogens is 372 g/mol. The Labute approximate surface area is 169 Å². The van der Waals surface area contributed by atoms with E-state index in [1.54, 1.807) is 23.9 Å². The number of benzene rings is 2. The van der Waals surface area contributed by atoms with Crippen molar-refractivity contribution in [1.82, 2.24) is 10.5 Å². The van der Waals surface area contributed by atoms with E-state index in [4.69, 9.17) is 9.26 Å². The summed E-state index contributed by atoms with van der Waals surface area (Å²) >= 11 is 1.79. The molecule has 5 nitrogen and oxygen atoms in total. The van der Waals surface area contributed by atoms with Crippen molar-refractivity contribution in [1.29, 1.82) is 0 Å². The third-order valence-electron chi connectivity index (χ3n) is 4.30. The van der Waals surface area contributed by atoms with Crippen LogP contribution in [0.25, 0.3) is 0 Å². The Kier molecular flexibility index (Phi) is 7.14. The second kappa shape index (κ2) is 9.99. The molecule has 0 spiro atoms. The number of rotatable bonds is 9. The van der Waals surface area contributed by atoms with Crippen molar-refractivity contribution in [3.05, 3.63) is 77.2 Å². The lowest BCUT2D eigenvalue weighted by Crippen LogP contribution is -2.25. The van der Waals surface area contributed by atoms with E-state index in [0.29, 0.717) is 24.5 Å². The molecule has 3 rings (SSSR count). The maximum atomic E-state index is 12.6. The zero-order chi connectivity index (χ0) is 19.8. The molecule has 146 valence electrons. The largest absolute Gasteiger partial charge is 0.488 e. The second-order valence-corrected chi connectivity index (χ2v) is 7.53. The topological polar surface area (TPSA) is 64.4 Å². The van der Waals surface area contributed by atoms with Crippen LogP contribution < -0.4 is 10.1 Å². The normalized spacial score (nSPS) is 10.6. The summed E-state index contributed by atoms with van der Waals surface area (Å²) in [5.41, 5.74) is 2.24. The number of thioether (sulfide) groups is 1. The molecule has 0 fully saturated rings. The number of amides is 1. The van der Waals surface area contributed by atoms with Gasteiger partial charge in [-0.3, -0.25) is 4.79 Å². The minimum absolute atomic E-state index is 0.126. The fraction of sp³-hybridized carbons (Fsp3) is 0.273. The summed E-state index contributed by atoms with van der Waals surface area (Å²) in [4.78, 5) is 13.8. The molecular formula is C22H24N2O3S. The molecule has 1 amide bonds. The first-order valence-corrected chi connectivity index (χ1v) is 10.2. The first-order valence-electron chi connectivity index (χ1n) is 9.25. The van der Waals surface area contributed by atoms with E-state index in [0.717, 1.165) is 29.2 Å². The van der Waals surface area contributed by atoms with Gasteiger partial charge in [-0.2, -0.15) is 0 Å². The van der Waals surface area contributed by atoms with Crippen molar-refractivity contribution in [3.63, 3.8) is 0 Å². The second-order valence-electron chi connectivity index (χ2n) is 6.36. The van der Waals surface area contributed by atoms with E-state index >= 15 is 0 Å². The number of aromatic nitrogens is 1. The van der Waals surface area contributed by atoms with E-state index in [1.165, 1.54) is 4.90 Å². The van der Waals surface area contributed by atoms with E-state index in [-0.39, 0.29) is 5.91 Å². The van der Waals surface area contributed by atoms with Crippen molar-refractivity contribution >= 4 is 17.7 Å². The molecule has 0 saturated carbocycles. The lowest BCUT2D eigenvalue weighted by molar-refractivity contribution is 0.0949. The Morgan fingerprint density at radius 1 is 1.11 bits per heavy atom. The number of hydrogen-bond acceptors (Lipinski definition) is 5. The number of hydrogen-bond donors (Lipinski definition) is 1. The predicted octanol–water partition coefficient (Wildman–Crippen LogP) is 4.78. The molecule has 1 N–H and O–H groups in total. The quantitative estimate of drug-likeness (QED) is 0.416. The molecule has 0 atom stereocenters. The Morgan fingerprint density at radius 3 is 2.61 bits per heavy atom. The van der Waals surface area contributed by atoms with Crippen LogP contribution in [0.3, 0.4) is 0 Å². The van der Waals surface area contributed by atoms with Gasteiger partial charge in [0.05, 0.1) is 16.8 Å². The molecule has 0 aliphatic rings. The highest BCUT2D eigenvalue weighted by Crippen LogP contribution is 2.22. The van der Waals surface area contributed by atoms with Crippen LogP contribution in [-0.2, 0) is 6.61 Å². The fourth-order valence-corrected chi connectivity index (χ4v) is 3.59. The molecule has 0 bridgehead atoms. The fourth-order valence-electron chi connectivity index (χ4n) is 2.71. The highest BCUT2D eigenvalue weighted by molar-refractivity contribution is 7.99. The van der Waals surface area contributed by atoms with Gasteiger partial charge in [0.2, 0.25) is 0 Å². The van der Waals surface area contributed by atoms with E-state index in [2.05, 4.69) is 22.6 Å². The average Bonchev–Trinajstić information content (AvgIpc) is 3.04. The highest BCUT2D eigenvalue weighted by Gasteiger charge is 2.14. The molecule has 3 aromatic rings. The lowest BCUT2D eigenvalue weighted by Gasteiger charge is -2.11. The summed E-state index contributed by atoms with van der Waals surface area (Å²) in [6.45, 7) is 4.67. The smallest absolute Gasteiger partial charge is 0.255 e. The monoisotopic (exact) mass is 396 g/mol. The average molecular weight is 397 g/mol. The van der Waals surface area contributed by atoms with Crippen molar-refractivity contribution in [2.75, 3.05) is 12.3 Å². The Hall–Kier alpha value is -2.73. The van der Waals surface area contributed by atoms with E-state index in [9.17, 15) is 4.79 Å². The molecule has 0 aliphatic heterocycles. The summed E-state index contributed by atoms with van der Waals surface area (Å²) in [6, 6.07) is 17.5. The van der Waals surface area contributed by atoms with Crippen LogP contribution in [0.1, 0.15) is 33.8 Å². The number of ether oxygens (including phenoxy) is 1. The molecule has 6 heteroatoms. The summed E-state index contributed by atoms with van der Waals surface area (Å²) < 4.78 is 11.0. The zero-order valence-corrected chi connectivity index (χ0v) is 16.9. The zero-order valence-electron chi connectivity index (χ0n) is 16.1. The van der Waals surface area contributed by atoms with Crippen molar-refractivity contribution in [2.45, 2.75) is 31.8 Å². The minimum atomic E-state index is -0.126. The molecule has 0 saturated heterocycles. The van der Waals surface area contributed by atoms with Crippen LogP contribution in [0.5, 0.6) is 5.75 Å². The SMILES string of the molecule is Cc1noc(C)c1COc1ccccc1C(=O)NCCCSc1ccccc1. The minimum Gasteiger partial charge on any atom is -0.488 e. The molecule has 1 aromatic heterocycles. The Balaban J connectivity index is 1.49. The molecule has 1 heterocycles. The number of para-hydroxylation sites is 1. The number of carbonyl (C=O) groups excluding carboxylic acids is 1. The third-order valence-corrected chi connectivity index (χ3v) is 5.40. The summed E-state index contributed by atoms with van der Waals surface area (Å²) in [5.74, 6) is 2.11. The maximum absolute atomic E-state index is 12.6. The van der Waals surface area contributed by atoms with Crippen molar-refractivity contribution in [2.24, 2.45) is 0 Å². The molecule has 0 radical (unpaired) electrons. The summed E-state index contributed by atoms with van der Waals surface area (Å²) in [6.07, 6.45) is 0.896. The van der Waals surface area contributed by atoms with E-state index < -0.39 is 0 Å². The van der Waals surface area contributed by atoms with Crippen molar-refractivity contribution in [3.8, 4) is 5.75 Å². The number of nitrogens with zero attached hydrogens (tertiary/aromatic N) is 1. The van der Waals surface area contributed by atoms with Gasteiger partial charge >= 0.3 is 0 Å². The van der Waals surface area contributed by atoms with Gasteiger partial charge in [0.15, 0.2) is 0 Å².